The number of hydrogen-bond acceptors (Lipinski definition) is 7. The van der Waals surface area contributed by atoms with E-state index in [0.717, 1.165) is 0 Å². The molecule has 0 unspecified atom stereocenters. The molecule has 0 saturated heterocycles. The Kier molecular flexibility index (Phi) is 4.93. The molecule has 0 aliphatic heterocycles. The SMILES string of the molecule is COc1cc(C(=O)C(=O)c2cc(OC)c(O)c(OC)c2)ccc1O. The van der Waals surface area contributed by atoms with Crippen LogP contribution in [0.3, 0.4) is 0 Å². The topological polar surface area (TPSA) is 102 Å². The Morgan fingerprint density at radius 3 is 1.71 bits per heavy atom. The largest absolute Gasteiger partial charge is 0.504 e. The van der Waals surface area contributed by atoms with Gasteiger partial charge in [-0.15, -0.1) is 0 Å². The number of methoxy groups -OCH3 is 3. The number of ether oxygens (including phenoxy) is 3. The first-order valence-electron chi connectivity index (χ1n) is 6.84. The third-order valence-corrected chi connectivity index (χ3v) is 3.39. The van der Waals surface area contributed by atoms with Crippen molar-refractivity contribution < 1.29 is 34.0 Å². The quantitative estimate of drug-likeness (QED) is 0.617. The number of rotatable bonds is 6. The zero-order valence-corrected chi connectivity index (χ0v) is 13.3. The van der Waals surface area contributed by atoms with Crippen LogP contribution in [0.4, 0.5) is 0 Å². The van der Waals surface area contributed by atoms with Crippen LogP contribution in [-0.2, 0) is 0 Å². The van der Waals surface area contributed by atoms with Crippen molar-refractivity contribution in [2.75, 3.05) is 21.3 Å². The molecule has 2 rings (SSSR count). The summed E-state index contributed by atoms with van der Waals surface area (Å²) in [6.45, 7) is 0. The second-order valence-corrected chi connectivity index (χ2v) is 4.77. The fourth-order valence-electron chi connectivity index (χ4n) is 2.11. The van der Waals surface area contributed by atoms with Crippen LogP contribution in [0.1, 0.15) is 20.7 Å². The van der Waals surface area contributed by atoms with Crippen LogP contribution in [0.2, 0.25) is 0 Å². The summed E-state index contributed by atoms with van der Waals surface area (Å²) in [5.41, 5.74) is 0.0548. The van der Waals surface area contributed by atoms with Gasteiger partial charge in [-0.05, 0) is 30.3 Å². The third kappa shape index (κ3) is 3.10. The van der Waals surface area contributed by atoms with Gasteiger partial charge in [0, 0.05) is 11.1 Å². The van der Waals surface area contributed by atoms with Crippen molar-refractivity contribution in [1.29, 1.82) is 0 Å². The molecular formula is C17H16O7. The van der Waals surface area contributed by atoms with Gasteiger partial charge in [0.2, 0.25) is 17.3 Å². The molecule has 2 N–H and O–H groups in total. The average Bonchev–Trinajstić information content (AvgIpc) is 2.61. The summed E-state index contributed by atoms with van der Waals surface area (Å²) in [6.07, 6.45) is 0. The number of carbonyl (C=O) groups excluding carboxylic acids is 2. The molecule has 0 spiro atoms. The third-order valence-electron chi connectivity index (χ3n) is 3.39. The van der Waals surface area contributed by atoms with E-state index in [1.807, 2.05) is 0 Å². The summed E-state index contributed by atoms with van der Waals surface area (Å²) in [6, 6.07) is 6.33. The first-order valence-corrected chi connectivity index (χ1v) is 6.84. The lowest BCUT2D eigenvalue weighted by Crippen LogP contribution is -2.15. The molecule has 0 amide bonds. The Balaban J connectivity index is 2.43. The summed E-state index contributed by atoms with van der Waals surface area (Å²) < 4.78 is 14.9. The molecule has 2 aromatic rings. The van der Waals surface area contributed by atoms with Crippen molar-refractivity contribution in [1.82, 2.24) is 0 Å². The molecule has 0 aliphatic rings. The summed E-state index contributed by atoms with van der Waals surface area (Å²) in [4.78, 5) is 24.8. The van der Waals surface area contributed by atoms with E-state index in [9.17, 15) is 19.8 Å². The molecule has 7 nitrogen and oxygen atoms in total. The number of Topliss-reactive ketones (excluding diaryl/α,β-unsaturated/α-hetero) is 2. The minimum Gasteiger partial charge on any atom is -0.504 e. The number of phenols is 2. The van der Waals surface area contributed by atoms with E-state index in [-0.39, 0.29) is 39.9 Å². The van der Waals surface area contributed by atoms with Gasteiger partial charge in [0.25, 0.3) is 0 Å². The molecule has 0 fully saturated rings. The highest BCUT2D eigenvalue weighted by Crippen LogP contribution is 2.37. The molecule has 0 aliphatic carbocycles. The van der Waals surface area contributed by atoms with Crippen LogP contribution in [0.5, 0.6) is 28.7 Å². The van der Waals surface area contributed by atoms with Gasteiger partial charge in [-0.3, -0.25) is 9.59 Å². The van der Waals surface area contributed by atoms with Crippen LogP contribution in [-0.4, -0.2) is 43.1 Å². The maximum atomic E-state index is 12.4. The van der Waals surface area contributed by atoms with E-state index in [1.54, 1.807) is 0 Å². The Bertz CT molecular complexity index is 771. The lowest BCUT2D eigenvalue weighted by Gasteiger charge is -2.11. The molecule has 126 valence electrons. The number of carbonyl (C=O) groups is 2. The maximum Gasteiger partial charge on any atom is 0.233 e. The highest BCUT2D eigenvalue weighted by molar-refractivity contribution is 6.49. The van der Waals surface area contributed by atoms with Gasteiger partial charge in [0.15, 0.2) is 23.0 Å². The van der Waals surface area contributed by atoms with Crippen molar-refractivity contribution in [2.24, 2.45) is 0 Å². The van der Waals surface area contributed by atoms with Gasteiger partial charge >= 0.3 is 0 Å². The Morgan fingerprint density at radius 2 is 1.21 bits per heavy atom. The molecule has 0 aromatic heterocycles. The Hall–Kier alpha value is -3.22. The van der Waals surface area contributed by atoms with Crippen LogP contribution in [0, 0.1) is 0 Å². The van der Waals surface area contributed by atoms with Gasteiger partial charge in [0.05, 0.1) is 21.3 Å². The molecule has 0 atom stereocenters. The number of ketones is 2. The van der Waals surface area contributed by atoms with E-state index in [2.05, 4.69) is 0 Å². The molecule has 7 heteroatoms. The molecule has 0 saturated carbocycles. The van der Waals surface area contributed by atoms with E-state index in [4.69, 9.17) is 14.2 Å². The van der Waals surface area contributed by atoms with Gasteiger partial charge in [0.1, 0.15) is 0 Å². The normalized spacial score (nSPS) is 10.1. The summed E-state index contributed by atoms with van der Waals surface area (Å²) >= 11 is 0. The summed E-state index contributed by atoms with van der Waals surface area (Å²) in [7, 11) is 3.96. The number of phenolic OH excluding ortho intramolecular Hbond substituents is 2. The lowest BCUT2D eigenvalue weighted by molar-refractivity contribution is 0.0816. The first-order chi connectivity index (χ1) is 11.4. The number of benzene rings is 2. The standard InChI is InChI=1S/C17H16O7/c1-22-12-6-9(4-5-11(12)18)15(19)16(20)10-7-13(23-2)17(21)14(8-10)24-3/h4-8,18,21H,1-3H3. The fraction of sp³-hybridized carbons (Fsp3) is 0.176. The molecule has 0 heterocycles. The van der Waals surface area contributed by atoms with E-state index in [0.29, 0.717) is 0 Å². The van der Waals surface area contributed by atoms with Gasteiger partial charge in [-0.1, -0.05) is 0 Å². The van der Waals surface area contributed by atoms with Crippen LogP contribution < -0.4 is 14.2 Å². The molecular weight excluding hydrogens is 316 g/mol. The number of hydrogen-bond donors (Lipinski definition) is 2. The molecule has 0 bridgehead atoms. The van der Waals surface area contributed by atoms with Gasteiger partial charge in [-0.2, -0.15) is 0 Å². The smallest absolute Gasteiger partial charge is 0.233 e. The zero-order chi connectivity index (χ0) is 17.9. The molecule has 24 heavy (non-hydrogen) atoms. The molecule has 0 radical (unpaired) electrons. The van der Waals surface area contributed by atoms with Crippen LogP contribution >= 0.6 is 0 Å². The average molecular weight is 332 g/mol. The Labute approximate surface area is 138 Å². The van der Waals surface area contributed by atoms with E-state index < -0.39 is 11.6 Å². The highest BCUT2D eigenvalue weighted by Gasteiger charge is 2.23. The summed E-state index contributed by atoms with van der Waals surface area (Å²) in [5, 5.41) is 19.4. The van der Waals surface area contributed by atoms with E-state index in [1.165, 1.54) is 51.7 Å². The second kappa shape index (κ2) is 6.91. The van der Waals surface area contributed by atoms with Gasteiger partial charge in [-0.25, -0.2) is 0 Å². The van der Waals surface area contributed by atoms with Crippen molar-refractivity contribution >= 4 is 11.6 Å². The monoisotopic (exact) mass is 332 g/mol. The van der Waals surface area contributed by atoms with Crippen molar-refractivity contribution in [2.45, 2.75) is 0 Å². The predicted molar refractivity (Wildman–Crippen MR) is 84.5 cm³/mol. The maximum absolute atomic E-state index is 12.4. The Morgan fingerprint density at radius 1 is 0.750 bits per heavy atom. The lowest BCUT2D eigenvalue weighted by atomic mass is 10.0. The van der Waals surface area contributed by atoms with Crippen molar-refractivity contribution in [3.05, 3.63) is 41.5 Å². The predicted octanol–water partition coefficient (Wildman–Crippen LogP) is 2.19. The minimum atomic E-state index is -0.820. The fourth-order valence-corrected chi connectivity index (χ4v) is 2.11. The van der Waals surface area contributed by atoms with Crippen LogP contribution in [0.25, 0.3) is 0 Å². The van der Waals surface area contributed by atoms with E-state index >= 15 is 0 Å². The van der Waals surface area contributed by atoms with Crippen molar-refractivity contribution in [3.8, 4) is 28.7 Å². The van der Waals surface area contributed by atoms with Crippen LogP contribution in [0.15, 0.2) is 30.3 Å². The second-order valence-electron chi connectivity index (χ2n) is 4.77. The van der Waals surface area contributed by atoms with Gasteiger partial charge < -0.3 is 24.4 Å². The molecule has 2 aromatic carbocycles. The van der Waals surface area contributed by atoms with Crippen molar-refractivity contribution in [3.63, 3.8) is 0 Å². The minimum absolute atomic E-state index is 0.00135. The zero-order valence-electron chi connectivity index (χ0n) is 13.3. The first kappa shape index (κ1) is 17.1. The highest BCUT2D eigenvalue weighted by atomic mass is 16.5. The summed E-state index contributed by atoms with van der Waals surface area (Å²) in [5.74, 6) is -1.94. The number of aromatic hydroxyl groups is 2.